The van der Waals surface area contributed by atoms with Crippen LogP contribution in [0.4, 0.5) is 13.2 Å². The molecule has 0 aliphatic heterocycles. The van der Waals surface area contributed by atoms with Crippen molar-refractivity contribution in [3.05, 3.63) is 0 Å². The molecule has 0 radical (unpaired) electrons. The van der Waals surface area contributed by atoms with Gasteiger partial charge in [-0.1, -0.05) is 39.5 Å². The number of hydrogen-bond donors (Lipinski definition) is 1. The molecule has 0 fully saturated rings. The molecule has 3 nitrogen and oxygen atoms in total. The Balaban J connectivity index is 4.51. The highest BCUT2D eigenvalue weighted by Crippen LogP contribution is 2.28. The van der Waals surface area contributed by atoms with Crippen molar-refractivity contribution < 1.29 is 22.7 Å². The molecule has 2 N–H and O–H groups in total. The predicted molar refractivity (Wildman–Crippen MR) is 67.5 cm³/mol. The van der Waals surface area contributed by atoms with Gasteiger partial charge in [0.05, 0.1) is 12.5 Å². The number of hydrogen-bond acceptors (Lipinski definition) is 3. The number of nitrogens with two attached hydrogens (primary N) is 1. The zero-order valence-electron chi connectivity index (χ0n) is 11.6. The van der Waals surface area contributed by atoms with Crippen molar-refractivity contribution in [3.63, 3.8) is 0 Å². The zero-order valence-corrected chi connectivity index (χ0v) is 11.6. The van der Waals surface area contributed by atoms with E-state index in [9.17, 15) is 18.0 Å². The quantitative estimate of drug-likeness (QED) is 0.521. The highest BCUT2D eigenvalue weighted by molar-refractivity contribution is 5.73. The first-order valence-electron chi connectivity index (χ1n) is 6.83. The van der Waals surface area contributed by atoms with Gasteiger partial charge in [0.1, 0.15) is 6.04 Å². The summed E-state index contributed by atoms with van der Waals surface area (Å²) >= 11 is 0. The summed E-state index contributed by atoms with van der Waals surface area (Å²) in [6.07, 6.45) is -0.774. The Bertz CT molecular complexity index is 257. The molecule has 19 heavy (non-hydrogen) atoms. The summed E-state index contributed by atoms with van der Waals surface area (Å²) in [6.45, 7) is 4.01. The minimum absolute atomic E-state index is 0.124. The number of halogens is 3. The monoisotopic (exact) mass is 283 g/mol. The molecule has 0 rings (SSSR count). The molecule has 0 unspecified atom stereocenters. The second-order valence-electron chi connectivity index (χ2n) is 4.69. The first-order chi connectivity index (χ1) is 8.84. The average Bonchev–Trinajstić information content (AvgIpc) is 2.33. The van der Waals surface area contributed by atoms with Gasteiger partial charge in [-0.2, -0.15) is 13.2 Å². The largest absolute Gasteiger partial charge is 0.465 e. The minimum atomic E-state index is -4.57. The Morgan fingerprint density at radius 1 is 1.16 bits per heavy atom. The minimum Gasteiger partial charge on any atom is -0.465 e. The van der Waals surface area contributed by atoms with Crippen LogP contribution in [0, 0.1) is 5.92 Å². The molecule has 6 heteroatoms. The number of esters is 1. The first-order valence-corrected chi connectivity index (χ1v) is 6.83. The Kier molecular flexibility index (Phi) is 8.80. The van der Waals surface area contributed by atoms with Gasteiger partial charge in [0.25, 0.3) is 0 Å². The smallest absolute Gasteiger partial charge is 0.404 e. The van der Waals surface area contributed by atoms with E-state index in [1.807, 2.05) is 13.8 Å². The molecule has 0 bridgehead atoms. The lowest BCUT2D eigenvalue weighted by atomic mass is 9.93. The van der Waals surface area contributed by atoms with Crippen LogP contribution in [0.2, 0.25) is 0 Å². The highest BCUT2D eigenvalue weighted by atomic mass is 19.4. The van der Waals surface area contributed by atoms with Gasteiger partial charge in [0, 0.05) is 0 Å². The van der Waals surface area contributed by atoms with Crippen molar-refractivity contribution in [1.82, 2.24) is 0 Å². The third kappa shape index (κ3) is 7.40. The molecule has 0 aromatic carbocycles. The summed E-state index contributed by atoms with van der Waals surface area (Å²) in [7, 11) is 0. The first kappa shape index (κ1) is 18.2. The van der Waals surface area contributed by atoms with Crippen LogP contribution >= 0.6 is 0 Å². The molecule has 0 spiro atoms. The second-order valence-corrected chi connectivity index (χ2v) is 4.69. The topological polar surface area (TPSA) is 52.3 Å². The van der Waals surface area contributed by atoms with E-state index in [0.717, 1.165) is 19.3 Å². The zero-order chi connectivity index (χ0) is 14.9. The Hall–Kier alpha value is -0.780. The van der Waals surface area contributed by atoms with Gasteiger partial charge >= 0.3 is 12.1 Å². The Morgan fingerprint density at radius 3 is 2.21 bits per heavy atom. The predicted octanol–water partition coefficient (Wildman–Crippen LogP) is 3.42. The standard InChI is InChI=1S/C13H24F3NO2/c1-3-5-7-8-10(11(17)13(14,15)16)12(18)19-9-6-4-2/h10-11H,3-9,17H2,1-2H3/t10-,11-/m1/s1. The van der Waals surface area contributed by atoms with E-state index in [4.69, 9.17) is 10.5 Å². The number of rotatable bonds is 9. The van der Waals surface area contributed by atoms with E-state index < -0.39 is 24.1 Å². The fraction of sp³-hybridized carbons (Fsp3) is 0.923. The third-order valence-corrected chi connectivity index (χ3v) is 2.98. The summed E-state index contributed by atoms with van der Waals surface area (Å²) in [5.74, 6) is -2.11. The van der Waals surface area contributed by atoms with E-state index in [1.165, 1.54) is 0 Å². The van der Waals surface area contributed by atoms with Crippen LogP contribution in [0.3, 0.4) is 0 Å². The average molecular weight is 283 g/mol. The number of carbonyl (C=O) groups is 1. The second kappa shape index (κ2) is 9.18. The summed E-state index contributed by atoms with van der Waals surface area (Å²) in [5.41, 5.74) is 5.16. The molecule has 0 amide bonds. The molecule has 114 valence electrons. The summed E-state index contributed by atoms with van der Waals surface area (Å²) in [6, 6.07) is -2.14. The van der Waals surface area contributed by atoms with Crippen LogP contribution in [0.5, 0.6) is 0 Å². The summed E-state index contributed by atoms with van der Waals surface area (Å²) < 4.78 is 42.7. The van der Waals surface area contributed by atoms with Gasteiger partial charge in [-0.15, -0.1) is 0 Å². The number of alkyl halides is 3. The van der Waals surface area contributed by atoms with Crippen LogP contribution < -0.4 is 5.73 Å². The van der Waals surface area contributed by atoms with Crippen molar-refractivity contribution in [1.29, 1.82) is 0 Å². The summed E-state index contributed by atoms with van der Waals surface area (Å²) in [5, 5.41) is 0. The molecule has 0 aliphatic carbocycles. The highest BCUT2D eigenvalue weighted by Gasteiger charge is 2.45. The van der Waals surface area contributed by atoms with Crippen LogP contribution in [-0.4, -0.2) is 24.8 Å². The molecule has 0 saturated heterocycles. The van der Waals surface area contributed by atoms with Gasteiger partial charge in [0.15, 0.2) is 0 Å². The SMILES string of the molecule is CCCCC[C@@H](C(=O)OCCCC)[C@@H](N)C(F)(F)F. The Labute approximate surface area is 112 Å². The van der Waals surface area contributed by atoms with E-state index in [-0.39, 0.29) is 13.0 Å². The molecule has 0 aliphatic rings. The lowest BCUT2D eigenvalue weighted by Crippen LogP contribution is -2.47. The van der Waals surface area contributed by atoms with E-state index in [2.05, 4.69) is 0 Å². The van der Waals surface area contributed by atoms with Gasteiger partial charge in [-0.3, -0.25) is 4.79 Å². The number of unbranched alkanes of at least 4 members (excludes halogenated alkanes) is 3. The third-order valence-electron chi connectivity index (χ3n) is 2.98. The lowest BCUT2D eigenvalue weighted by molar-refractivity contribution is -0.177. The maximum Gasteiger partial charge on any atom is 0.404 e. The van der Waals surface area contributed by atoms with E-state index in [1.54, 1.807) is 0 Å². The van der Waals surface area contributed by atoms with Crippen LogP contribution in [0.15, 0.2) is 0 Å². The molecular weight excluding hydrogens is 259 g/mol. The van der Waals surface area contributed by atoms with Crippen LogP contribution in [0.1, 0.15) is 52.4 Å². The maximum atomic E-state index is 12.6. The van der Waals surface area contributed by atoms with Gasteiger partial charge in [-0.05, 0) is 12.8 Å². The molecule has 0 saturated carbocycles. The van der Waals surface area contributed by atoms with Crippen LogP contribution in [0.25, 0.3) is 0 Å². The van der Waals surface area contributed by atoms with Crippen LogP contribution in [-0.2, 0) is 9.53 Å². The van der Waals surface area contributed by atoms with Gasteiger partial charge < -0.3 is 10.5 Å². The van der Waals surface area contributed by atoms with Crippen molar-refractivity contribution in [2.24, 2.45) is 11.7 Å². The summed E-state index contributed by atoms with van der Waals surface area (Å²) in [4.78, 5) is 11.7. The number of ether oxygens (including phenoxy) is 1. The Morgan fingerprint density at radius 2 is 1.74 bits per heavy atom. The van der Waals surface area contributed by atoms with Gasteiger partial charge in [0.2, 0.25) is 0 Å². The fourth-order valence-corrected chi connectivity index (χ4v) is 1.71. The maximum absolute atomic E-state index is 12.6. The lowest BCUT2D eigenvalue weighted by Gasteiger charge is -2.24. The molecular formula is C13H24F3NO2. The molecule has 0 heterocycles. The molecule has 0 aromatic heterocycles. The normalized spacial score (nSPS) is 15.1. The fourth-order valence-electron chi connectivity index (χ4n) is 1.71. The van der Waals surface area contributed by atoms with Crippen molar-refractivity contribution in [2.75, 3.05) is 6.61 Å². The van der Waals surface area contributed by atoms with Crippen molar-refractivity contribution in [3.8, 4) is 0 Å². The molecule has 2 atom stereocenters. The van der Waals surface area contributed by atoms with Crippen molar-refractivity contribution >= 4 is 5.97 Å². The van der Waals surface area contributed by atoms with E-state index >= 15 is 0 Å². The van der Waals surface area contributed by atoms with E-state index in [0.29, 0.717) is 12.8 Å². The molecule has 0 aromatic rings. The number of carbonyl (C=O) groups excluding carboxylic acids is 1. The van der Waals surface area contributed by atoms with Gasteiger partial charge in [-0.25, -0.2) is 0 Å². The van der Waals surface area contributed by atoms with Crippen molar-refractivity contribution in [2.45, 2.75) is 64.6 Å².